The summed E-state index contributed by atoms with van der Waals surface area (Å²) in [7, 11) is 0. The van der Waals surface area contributed by atoms with Crippen molar-refractivity contribution in [1.29, 1.82) is 0 Å². The average molecular weight is 2250 g/mol. The SMILES string of the molecule is Cc1cccc2c1nc1[nH]c3[c-]c4c(cc3n12)n1c2cccc(C)c2nc1n4-c1cc(C(C)(C)C)ccn1.[2H]c1c([2H])c([2H])c(-c2cccc(-c3c([2H])c([2H])c([2H])c([2H])c3[2H])c2-[n+]2[c-]n(-c3[c-]c(-n4c5[c-]c6c(cc5n5c7cccc(C)c7nc45)n4c5cccc(C)c5nc4n6-c4cc(C(C)(C)C)ccn4)ccc3)c3ccccc32)c([2H])c1[2H].[Pt].[Pt].[c-]1ccccc1-n1[c-][n+](-c2ccccc2-n2c3ccccc3c3ccccc32)c2ccccc21. The van der Waals surface area contributed by atoms with Crippen molar-refractivity contribution in [3.63, 3.8) is 0 Å². The van der Waals surface area contributed by atoms with Crippen molar-refractivity contribution in [2.45, 2.75) is 80.1 Å². The number of aromatic amines is 1. The second-order valence-corrected chi connectivity index (χ2v) is 38.5. The Labute approximate surface area is 876 Å². The predicted octanol–water partition coefficient (Wildman–Crippen LogP) is 26.9. The summed E-state index contributed by atoms with van der Waals surface area (Å²) < 4.78 is 113. The number of hydrogen-bond acceptors (Lipinski definition) is 6. The summed E-state index contributed by atoms with van der Waals surface area (Å²) in [5.41, 5.74) is 31.3. The molecule has 0 saturated carbocycles. The van der Waals surface area contributed by atoms with Gasteiger partial charge >= 0.3 is 0 Å². The zero-order valence-corrected chi connectivity index (χ0v) is 84.6. The van der Waals surface area contributed by atoms with Crippen LogP contribution in [0.3, 0.4) is 0 Å². The van der Waals surface area contributed by atoms with Gasteiger partial charge in [0.15, 0.2) is 5.78 Å². The van der Waals surface area contributed by atoms with Crippen molar-refractivity contribution in [1.82, 2.24) is 79.9 Å². The number of para-hydroxylation sites is 14. The van der Waals surface area contributed by atoms with Crippen molar-refractivity contribution in [3.05, 3.63) is 434 Å². The van der Waals surface area contributed by atoms with E-state index in [0.29, 0.717) is 45.3 Å². The van der Waals surface area contributed by atoms with Gasteiger partial charge in [-0.15, -0.1) is 30.3 Å². The van der Waals surface area contributed by atoms with Gasteiger partial charge in [-0.05, 0) is 222 Å². The molecule has 0 atom stereocenters. The van der Waals surface area contributed by atoms with Crippen LogP contribution in [-0.4, -0.2) is 79.9 Å². The van der Waals surface area contributed by atoms with E-state index in [1.807, 2.05) is 109 Å². The zero-order chi connectivity index (χ0) is 105. The Morgan fingerprint density at radius 1 is 0.338 bits per heavy atom. The molecule has 16 aromatic carbocycles. The third-order valence-electron chi connectivity index (χ3n) is 27.7. The van der Waals surface area contributed by atoms with Gasteiger partial charge in [0, 0.05) is 65.3 Å². The molecule has 0 radical (unpaired) electrons. The van der Waals surface area contributed by atoms with E-state index in [-0.39, 0.29) is 80.9 Å². The molecule has 19 nitrogen and oxygen atoms in total. The number of aromatic nitrogens is 19. The number of nitrogens with one attached hydrogen (secondary N) is 1. The number of hydrogen-bond donors (Lipinski definition) is 1. The average Bonchev–Trinajstić information content (AvgIpc) is 1.52. The molecule has 0 aliphatic rings. The summed E-state index contributed by atoms with van der Waals surface area (Å²) >= 11 is 0. The predicted molar refractivity (Wildman–Crippen MR) is 574 cm³/mol. The van der Waals surface area contributed by atoms with Gasteiger partial charge in [0.1, 0.15) is 11.6 Å². The van der Waals surface area contributed by atoms with E-state index in [1.54, 1.807) is 27.3 Å². The number of nitrogens with zero attached hydrogens (tertiary/aromatic N) is 18. The maximum atomic E-state index is 9.15. The summed E-state index contributed by atoms with van der Waals surface area (Å²) in [5.74, 6) is 4.46. The van der Waals surface area contributed by atoms with Gasteiger partial charge in [0.25, 0.3) is 12.7 Å². The fourth-order valence-corrected chi connectivity index (χ4v) is 20.8. The Hall–Kier alpha value is -17.0. The van der Waals surface area contributed by atoms with Crippen LogP contribution in [-0.2, 0) is 53.0 Å². The Balaban J connectivity index is 0.000000137. The minimum Gasteiger partial charge on any atom is -0.348 e. The van der Waals surface area contributed by atoms with Crippen LogP contribution in [0.4, 0.5) is 0 Å². The molecule has 21 heteroatoms. The van der Waals surface area contributed by atoms with E-state index < -0.39 is 60.4 Å². The van der Waals surface area contributed by atoms with Crippen LogP contribution in [0.5, 0.6) is 0 Å². The smallest absolute Gasteiger partial charge is 0.268 e. The molecule has 0 aliphatic heterocycles. The molecular formula is C124H91N19Pt2-4. The molecule has 29 aromatic rings. The van der Waals surface area contributed by atoms with Gasteiger partial charge in [-0.25, -0.2) is 29.9 Å². The number of rotatable bonds is 10. The molecule has 706 valence electrons. The van der Waals surface area contributed by atoms with E-state index >= 15 is 0 Å². The Morgan fingerprint density at radius 3 is 1.28 bits per heavy atom. The Kier molecular flexibility index (Phi) is 18.7. The van der Waals surface area contributed by atoms with E-state index in [4.69, 9.17) is 43.6 Å². The Morgan fingerprint density at radius 2 is 0.752 bits per heavy atom. The standard InChI is InChI=1S/C62H45N9.C31H26N7.C31H20N3.2Pt/c1-39-18-14-30-50-57(39)64-60-68(52-36-55-54(37-53(52)69(50)60)70-51-31-15-19-40(2)58(51)65-61(70)71(55)56-34-43(32-33-63-56)62(3,4)5)45-25-16-24-44(35-45)66-38-67(49-29-13-12-28-48(49)66)59-46(41-20-8-6-9-21-41)26-17-27-47(59)42-22-10-7-11-23-42;1-17-8-6-10-21-27(17)34-29-33-20-15-24-25(16-23(20)36(21)29)37-22-11-7-9-18(2)28(22)35-30(37)38(24)26-14-19(12-13-32-26)31(3,4)5;1-2-12-23(13-3-1)32-22-33(29-19-9-8-18-28(29)32)30-20-10-11-21-31(30)34-26-16-6-4-14-24(26)25-15-5-7-17-27(25)34;;/h6-34,37H,1-5H3;6-14,16H,1-5H3,(H,33,34);1-12,14-21H;;/q-2;2*-1;;/i6D,7D,8D,9D,10D,11D,20D,21D,22D,23D;;;;. The van der Waals surface area contributed by atoms with Gasteiger partial charge < -0.3 is 40.9 Å². The second kappa shape index (κ2) is 34.4. The third-order valence-corrected chi connectivity index (χ3v) is 27.7. The van der Waals surface area contributed by atoms with Crippen molar-refractivity contribution in [3.8, 4) is 68.0 Å². The topological polar surface area (TPSA) is 148 Å². The van der Waals surface area contributed by atoms with Gasteiger partial charge in [0.05, 0.1) is 108 Å². The first-order valence-corrected chi connectivity index (χ1v) is 47.5. The monoisotopic (exact) mass is 2250 g/mol. The first-order valence-electron chi connectivity index (χ1n) is 52.5. The number of pyridine rings is 2. The molecule has 0 fully saturated rings. The maximum Gasteiger partial charge on any atom is 0.268 e. The van der Waals surface area contributed by atoms with Crippen LogP contribution in [0.25, 0.3) is 223 Å². The van der Waals surface area contributed by atoms with Crippen LogP contribution >= 0.6 is 0 Å². The number of fused-ring (bicyclic) bond motifs is 25. The molecular weight excluding hydrogens is 2150 g/mol. The third kappa shape index (κ3) is 14.2. The number of H-pyrrole nitrogens is 1. The minimum atomic E-state index is -0.576. The number of benzene rings is 16. The van der Waals surface area contributed by atoms with Crippen molar-refractivity contribution < 1.29 is 65.0 Å². The largest absolute Gasteiger partial charge is 0.348 e. The van der Waals surface area contributed by atoms with Gasteiger partial charge in [0.2, 0.25) is 17.3 Å². The molecule has 0 aliphatic carbocycles. The van der Waals surface area contributed by atoms with Crippen LogP contribution in [0, 0.1) is 64.6 Å². The maximum absolute atomic E-state index is 9.15. The molecule has 13 heterocycles. The summed E-state index contributed by atoms with van der Waals surface area (Å²) in [4.78, 5) is 34.0. The van der Waals surface area contributed by atoms with Gasteiger partial charge in [-0.3, -0.25) is 18.3 Å². The molecule has 29 rings (SSSR count). The molecule has 0 bridgehead atoms. The summed E-state index contributed by atoms with van der Waals surface area (Å²) in [6.45, 7) is 21.5. The molecule has 0 amide bonds. The van der Waals surface area contributed by atoms with E-state index in [2.05, 4.69) is 333 Å². The van der Waals surface area contributed by atoms with Crippen molar-refractivity contribution >= 4 is 155 Å². The minimum absolute atomic E-state index is 0. The van der Waals surface area contributed by atoms with E-state index in [1.165, 1.54) is 27.4 Å². The summed E-state index contributed by atoms with van der Waals surface area (Å²) in [5, 5.41) is 2.51. The second-order valence-electron chi connectivity index (χ2n) is 38.5. The van der Waals surface area contributed by atoms with Crippen LogP contribution in [0.1, 0.15) is 88.6 Å². The van der Waals surface area contributed by atoms with E-state index in [0.717, 1.165) is 156 Å². The molecule has 13 aromatic heterocycles. The Bertz CT molecular complexity index is 10800. The molecule has 0 spiro atoms. The molecule has 0 saturated heterocycles. The van der Waals surface area contributed by atoms with Crippen LogP contribution in [0.15, 0.2) is 364 Å². The molecule has 0 unspecified atom stereocenters. The van der Waals surface area contributed by atoms with E-state index in [9.17, 15) is 0 Å². The number of imidazole rings is 10. The first-order chi connectivity index (χ1) is 74.0. The summed E-state index contributed by atoms with van der Waals surface area (Å²) in [6.07, 6.45) is 10.9. The van der Waals surface area contributed by atoms with Gasteiger partial charge in [-0.1, -0.05) is 271 Å². The van der Waals surface area contributed by atoms with Crippen LogP contribution in [0.2, 0.25) is 0 Å². The summed E-state index contributed by atoms with van der Waals surface area (Å²) in [6, 6.07) is 107. The fraction of sp³-hybridized carbons (Fsp3) is 0.0968. The van der Waals surface area contributed by atoms with Crippen LogP contribution < -0.4 is 9.13 Å². The van der Waals surface area contributed by atoms with Gasteiger partial charge in [-0.2, -0.15) is 48.5 Å². The van der Waals surface area contributed by atoms with Crippen molar-refractivity contribution in [2.75, 3.05) is 0 Å². The first kappa shape index (κ1) is 78.7. The molecule has 145 heavy (non-hydrogen) atoms. The zero-order valence-electron chi connectivity index (χ0n) is 90.0. The number of aryl methyl sites for hydroxylation is 4. The quantitative estimate of drug-likeness (QED) is 0.106. The normalized spacial score (nSPS) is 13.1. The molecule has 1 N–H and O–H groups in total. The van der Waals surface area contributed by atoms with Crippen molar-refractivity contribution in [2.24, 2.45) is 0 Å². The fourth-order valence-electron chi connectivity index (χ4n) is 20.8.